The van der Waals surface area contributed by atoms with Gasteiger partial charge in [-0.05, 0) is 12.1 Å². The standard InChI is InChI=1S/C16H20N2O4/c1-4-8-18(9-5-2)15(19)11-22-14-10-12(21-3)6-7-13(14)16(17)20/h4-7,10H,1-2,8-9,11H2,3H3,(H2,17,20). The van der Waals surface area contributed by atoms with E-state index in [1.807, 2.05) is 0 Å². The van der Waals surface area contributed by atoms with Crippen molar-refractivity contribution in [3.8, 4) is 11.5 Å². The Morgan fingerprint density at radius 3 is 2.41 bits per heavy atom. The number of hydrogen-bond acceptors (Lipinski definition) is 4. The lowest BCUT2D eigenvalue weighted by molar-refractivity contribution is -0.132. The van der Waals surface area contributed by atoms with Crippen LogP contribution in [0.5, 0.6) is 11.5 Å². The fraction of sp³-hybridized carbons (Fsp3) is 0.250. The second-order valence-electron chi connectivity index (χ2n) is 4.39. The van der Waals surface area contributed by atoms with E-state index in [9.17, 15) is 9.59 Å². The van der Waals surface area contributed by atoms with Gasteiger partial charge in [-0.15, -0.1) is 13.2 Å². The number of ether oxygens (including phenoxy) is 2. The topological polar surface area (TPSA) is 81.9 Å². The molecule has 0 heterocycles. The van der Waals surface area contributed by atoms with Gasteiger partial charge in [-0.1, -0.05) is 12.2 Å². The largest absolute Gasteiger partial charge is 0.497 e. The third-order valence-electron chi connectivity index (χ3n) is 2.86. The molecule has 0 fully saturated rings. The number of nitrogens with zero attached hydrogens (tertiary/aromatic N) is 1. The molecule has 0 aliphatic heterocycles. The van der Waals surface area contributed by atoms with Crippen molar-refractivity contribution in [1.29, 1.82) is 0 Å². The Bertz CT molecular complexity index is 559. The highest BCUT2D eigenvalue weighted by Crippen LogP contribution is 2.24. The van der Waals surface area contributed by atoms with E-state index in [0.29, 0.717) is 18.8 Å². The highest BCUT2D eigenvalue weighted by atomic mass is 16.5. The molecule has 0 saturated heterocycles. The van der Waals surface area contributed by atoms with E-state index in [1.165, 1.54) is 24.1 Å². The first-order chi connectivity index (χ1) is 10.5. The molecule has 22 heavy (non-hydrogen) atoms. The second-order valence-corrected chi connectivity index (χ2v) is 4.39. The predicted octanol–water partition coefficient (Wildman–Crippen LogP) is 1.37. The summed E-state index contributed by atoms with van der Waals surface area (Å²) in [6.07, 6.45) is 3.23. The molecular formula is C16H20N2O4. The van der Waals surface area contributed by atoms with Gasteiger partial charge >= 0.3 is 0 Å². The highest BCUT2D eigenvalue weighted by Gasteiger charge is 2.15. The normalized spacial score (nSPS) is 9.68. The fourth-order valence-electron chi connectivity index (χ4n) is 1.77. The summed E-state index contributed by atoms with van der Waals surface area (Å²) in [5, 5.41) is 0. The van der Waals surface area contributed by atoms with Gasteiger partial charge in [-0.25, -0.2) is 0 Å². The zero-order valence-electron chi connectivity index (χ0n) is 12.6. The fourth-order valence-corrected chi connectivity index (χ4v) is 1.77. The number of amides is 2. The molecule has 0 saturated carbocycles. The molecule has 0 aliphatic carbocycles. The van der Waals surface area contributed by atoms with Crippen LogP contribution in [0, 0.1) is 0 Å². The summed E-state index contributed by atoms with van der Waals surface area (Å²) >= 11 is 0. The molecule has 6 heteroatoms. The van der Waals surface area contributed by atoms with Crippen LogP contribution in [0.3, 0.4) is 0 Å². The molecule has 1 aromatic carbocycles. The molecule has 1 aromatic rings. The van der Waals surface area contributed by atoms with E-state index in [1.54, 1.807) is 18.2 Å². The monoisotopic (exact) mass is 304 g/mol. The SMILES string of the molecule is C=CCN(CC=C)C(=O)COc1cc(OC)ccc1C(N)=O. The molecule has 0 spiro atoms. The van der Waals surface area contributed by atoms with Gasteiger partial charge < -0.3 is 20.1 Å². The van der Waals surface area contributed by atoms with Gasteiger partial charge in [0.05, 0.1) is 12.7 Å². The summed E-state index contributed by atoms with van der Waals surface area (Å²) in [7, 11) is 1.49. The minimum atomic E-state index is -0.640. The Morgan fingerprint density at radius 2 is 1.91 bits per heavy atom. The molecule has 0 radical (unpaired) electrons. The lowest BCUT2D eigenvalue weighted by Gasteiger charge is -2.20. The van der Waals surface area contributed by atoms with E-state index >= 15 is 0 Å². The van der Waals surface area contributed by atoms with Gasteiger partial charge in [0.25, 0.3) is 11.8 Å². The zero-order valence-corrected chi connectivity index (χ0v) is 12.6. The summed E-state index contributed by atoms with van der Waals surface area (Å²) in [4.78, 5) is 25.0. The first-order valence-electron chi connectivity index (χ1n) is 6.63. The van der Waals surface area contributed by atoms with Crippen LogP contribution in [-0.4, -0.2) is 43.5 Å². The molecule has 0 bridgehead atoms. The summed E-state index contributed by atoms with van der Waals surface area (Å²) in [5.74, 6) is -0.184. The van der Waals surface area contributed by atoms with Crippen molar-refractivity contribution < 1.29 is 19.1 Å². The maximum absolute atomic E-state index is 12.1. The van der Waals surface area contributed by atoms with Crippen molar-refractivity contribution >= 4 is 11.8 Å². The summed E-state index contributed by atoms with van der Waals surface area (Å²) in [6.45, 7) is 7.73. The van der Waals surface area contributed by atoms with Crippen molar-refractivity contribution in [2.45, 2.75) is 0 Å². The van der Waals surface area contributed by atoms with Crippen molar-refractivity contribution in [2.24, 2.45) is 5.73 Å². The molecule has 2 amide bonds. The maximum Gasteiger partial charge on any atom is 0.261 e. The van der Waals surface area contributed by atoms with Gasteiger partial charge in [-0.3, -0.25) is 9.59 Å². The van der Waals surface area contributed by atoms with E-state index in [4.69, 9.17) is 15.2 Å². The number of primary amides is 1. The average molecular weight is 304 g/mol. The molecule has 2 N–H and O–H groups in total. The van der Waals surface area contributed by atoms with E-state index < -0.39 is 5.91 Å². The van der Waals surface area contributed by atoms with Crippen LogP contribution in [0.25, 0.3) is 0 Å². The van der Waals surface area contributed by atoms with Crippen molar-refractivity contribution in [2.75, 3.05) is 26.8 Å². The Balaban J connectivity index is 2.85. The van der Waals surface area contributed by atoms with Gasteiger partial charge in [-0.2, -0.15) is 0 Å². The molecule has 118 valence electrons. The lowest BCUT2D eigenvalue weighted by Crippen LogP contribution is -2.35. The molecule has 0 aliphatic rings. The zero-order chi connectivity index (χ0) is 16.5. The smallest absolute Gasteiger partial charge is 0.261 e. The van der Waals surface area contributed by atoms with Crippen LogP contribution in [0.2, 0.25) is 0 Å². The van der Waals surface area contributed by atoms with Crippen molar-refractivity contribution in [3.63, 3.8) is 0 Å². The molecule has 6 nitrogen and oxygen atoms in total. The third kappa shape index (κ3) is 4.66. The lowest BCUT2D eigenvalue weighted by atomic mass is 10.2. The van der Waals surface area contributed by atoms with Gasteiger partial charge in [0.1, 0.15) is 11.5 Å². The number of hydrogen-bond donors (Lipinski definition) is 1. The van der Waals surface area contributed by atoms with Crippen LogP contribution in [0.15, 0.2) is 43.5 Å². The summed E-state index contributed by atoms with van der Waals surface area (Å²) < 4.78 is 10.5. The highest BCUT2D eigenvalue weighted by molar-refractivity contribution is 5.96. The van der Waals surface area contributed by atoms with Crippen LogP contribution in [0.1, 0.15) is 10.4 Å². The molecule has 0 aromatic heterocycles. The van der Waals surface area contributed by atoms with Gasteiger partial charge in [0, 0.05) is 19.2 Å². The van der Waals surface area contributed by atoms with Crippen LogP contribution < -0.4 is 15.2 Å². The minimum Gasteiger partial charge on any atom is -0.497 e. The number of nitrogens with two attached hydrogens (primary N) is 1. The Hall–Kier alpha value is -2.76. The number of rotatable bonds is 9. The van der Waals surface area contributed by atoms with Crippen LogP contribution in [-0.2, 0) is 4.79 Å². The number of carbonyl (C=O) groups is 2. The molecular weight excluding hydrogens is 284 g/mol. The first kappa shape index (κ1) is 17.3. The molecule has 1 rings (SSSR count). The van der Waals surface area contributed by atoms with Gasteiger partial charge in [0.15, 0.2) is 6.61 Å². The Labute approximate surface area is 129 Å². The number of methoxy groups -OCH3 is 1. The van der Waals surface area contributed by atoms with Crippen LogP contribution in [0.4, 0.5) is 0 Å². The molecule has 0 atom stereocenters. The van der Waals surface area contributed by atoms with E-state index in [2.05, 4.69) is 13.2 Å². The molecule has 0 unspecified atom stereocenters. The Morgan fingerprint density at radius 1 is 1.27 bits per heavy atom. The van der Waals surface area contributed by atoms with E-state index in [0.717, 1.165) is 0 Å². The number of carbonyl (C=O) groups excluding carboxylic acids is 2. The minimum absolute atomic E-state index is 0.188. The first-order valence-corrected chi connectivity index (χ1v) is 6.63. The average Bonchev–Trinajstić information content (AvgIpc) is 2.51. The summed E-state index contributed by atoms with van der Waals surface area (Å²) in [5.41, 5.74) is 5.47. The summed E-state index contributed by atoms with van der Waals surface area (Å²) in [6, 6.07) is 4.60. The predicted molar refractivity (Wildman–Crippen MR) is 84.0 cm³/mol. The van der Waals surface area contributed by atoms with E-state index in [-0.39, 0.29) is 23.8 Å². The second kappa shape index (κ2) is 8.51. The Kier molecular flexibility index (Phi) is 6.69. The van der Waals surface area contributed by atoms with Crippen molar-refractivity contribution in [1.82, 2.24) is 4.90 Å². The third-order valence-corrected chi connectivity index (χ3v) is 2.86. The quantitative estimate of drug-likeness (QED) is 0.699. The van der Waals surface area contributed by atoms with Crippen molar-refractivity contribution in [3.05, 3.63) is 49.1 Å². The van der Waals surface area contributed by atoms with Crippen LogP contribution >= 0.6 is 0 Å². The van der Waals surface area contributed by atoms with Gasteiger partial charge in [0.2, 0.25) is 0 Å². The maximum atomic E-state index is 12.1. The number of benzene rings is 1.